The van der Waals surface area contributed by atoms with Gasteiger partial charge >= 0.3 is 0 Å². The lowest BCUT2D eigenvalue weighted by Crippen LogP contribution is -2.06. The van der Waals surface area contributed by atoms with Crippen molar-refractivity contribution in [2.45, 2.75) is 13.8 Å². The Hall–Kier alpha value is -2.49. The topological polar surface area (TPSA) is 30.2 Å². The molecule has 0 N–H and O–H groups in total. The summed E-state index contributed by atoms with van der Waals surface area (Å²) in [4.78, 5) is 12.4. The number of ketones is 1. The monoisotopic (exact) mass is 286 g/mol. The molecule has 3 rings (SSSR count). The van der Waals surface area contributed by atoms with E-state index in [0.29, 0.717) is 11.1 Å². The third-order valence-corrected chi connectivity index (χ3v) is 3.49. The van der Waals surface area contributed by atoms with Crippen LogP contribution in [0.25, 0.3) is 11.0 Å². The van der Waals surface area contributed by atoms with Crippen molar-refractivity contribution in [1.29, 1.82) is 0 Å². The molecule has 2 aromatic carbocycles. The fourth-order valence-corrected chi connectivity index (χ4v) is 2.35. The lowest BCUT2D eigenvalue weighted by molar-refractivity contribution is 0.101. The number of halogens is 2. The summed E-state index contributed by atoms with van der Waals surface area (Å²) in [6.45, 7) is 3.66. The van der Waals surface area contributed by atoms with Gasteiger partial charge in [-0.15, -0.1) is 0 Å². The van der Waals surface area contributed by atoms with Crippen LogP contribution >= 0.6 is 0 Å². The molecule has 0 radical (unpaired) electrons. The molecule has 21 heavy (non-hydrogen) atoms. The van der Waals surface area contributed by atoms with Crippen LogP contribution in [0.2, 0.25) is 0 Å². The van der Waals surface area contributed by atoms with Gasteiger partial charge in [0.2, 0.25) is 5.78 Å². The molecule has 0 saturated heterocycles. The first kappa shape index (κ1) is 13.5. The first-order valence-corrected chi connectivity index (χ1v) is 6.47. The van der Waals surface area contributed by atoms with Crippen molar-refractivity contribution >= 4 is 16.8 Å². The molecule has 0 unspecified atom stereocenters. The van der Waals surface area contributed by atoms with Crippen LogP contribution in [0.1, 0.15) is 27.2 Å². The molecule has 0 atom stereocenters. The highest BCUT2D eigenvalue weighted by Crippen LogP contribution is 2.28. The number of hydrogen-bond donors (Lipinski definition) is 0. The third kappa shape index (κ3) is 2.13. The van der Waals surface area contributed by atoms with Gasteiger partial charge < -0.3 is 4.42 Å². The summed E-state index contributed by atoms with van der Waals surface area (Å²) < 4.78 is 32.5. The zero-order valence-electron chi connectivity index (χ0n) is 11.5. The van der Waals surface area contributed by atoms with Gasteiger partial charge in [-0.3, -0.25) is 4.79 Å². The predicted octanol–water partition coefficient (Wildman–Crippen LogP) is 4.56. The van der Waals surface area contributed by atoms with Gasteiger partial charge in [-0.2, -0.15) is 0 Å². The van der Waals surface area contributed by atoms with Crippen LogP contribution in [0.15, 0.2) is 40.8 Å². The zero-order chi connectivity index (χ0) is 15.1. The first-order chi connectivity index (χ1) is 9.99. The molecule has 1 aromatic heterocycles. The Labute approximate surface area is 120 Å². The second kappa shape index (κ2) is 4.81. The van der Waals surface area contributed by atoms with E-state index in [2.05, 4.69) is 0 Å². The molecular weight excluding hydrogens is 274 g/mol. The van der Waals surface area contributed by atoms with Crippen LogP contribution in [-0.4, -0.2) is 5.78 Å². The average Bonchev–Trinajstić information content (AvgIpc) is 2.78. The smallest absolute Gasteiger partial charge is 0.231 e. The molecule has 4 heteroatoms. The average molecular weight is 286 g/mol. The van der Waals surface area contributed by atoms with Crippen molar-refractivity contribution in [1.82, 2.24) is 0 Å². The van der Waals surface area contributed by atoms with Gasteiger partial charge in [0.15, 0.2) is 17.4 Å². The molecule has 0 spiro atoms. The summed E-state index contributed by atoms with van der Waals surface area (Å²) in [5, 5.41) is 0.801. The summed E-state index contributed by atoms with van der Waals surface area (Å²) in [5.74, 6) is -2.82. The maximum absolute atomic E-state index is 13.8. The molecule has 0 aliphatic rings. The van der Waals surface area contributed by atoms with Gasteiger partial charge in [0.25, 0.3) is 0 Å². The van der Waals surface area contributed by atoms with E-state index in [0.717, 1.165) is 17.0 Å². The van der Waals surface area contributed by atoms with E-state index >= 15 is 0 Å². The Morgan fingerprint density at radius 1 is 1.10 bits per heavy atom. The SMILES string of the molecule is Cc1ccc2oc(C(=O)c3cccc(F)c3F)c(C)c2c1. The van der Waals surface area contributed by atoms with Crippen LogP contribution in [0, 0.1) is 25.5 Å². The molecule has 0 fully saturated rings. The Balaban J connectivity index is 2.18. The van der Waals surface area contributed by atoms with Crippen molar-refractivity contribution in [3.63, 3.8) is 0 Å². The van der Waals surface area contributed by atoms with E-state index in [9.17, 15) is 13.6 Å². The summed E-state index contributed by atoms with van der Waals surface area (Å²) >= 11 is 0. The minimum Gasteiger partial charge on any atom is -0.452 e. The van der Waals surface area contributed by atoms with Gasteiger partial charge in [-0.1, -0.05) is 17.7 Å². The molecule has 0 aliphatic heterocycles. The van der Waals surface area contributed by atoms with E-state index in [4.69, 9.17) is 4.42 Å². The highest BCUT2D eigenvalue weighted by molar-refractivity contribution is 6.10. The Kier molecular flexibility index (Phi) is 3.09. The third-order valence-electron chi connectivity index (χ3n) is 3.49. The van der Waals surface area contributed by atoms with E-state index in [-0.39, 0.29) is 11.3 Å². The van der Waals surface area contributed by atoms with E-state index in [1.807, 2.05) is 19.1 Å². The van der Waals surface area contributed by atoms with Gasteiger partial charge in [0.05, 0.1) is 5.56 Å². The Bertz CT molecular complexity index is 863. The lowest BCUT2D eigenvalue weighted by Gasteiger charge is -2.01. The van der Waals surface area contributed by atoms with Crippen molar-refractivity contribution in [3.05, 3.63) is 70.5 Å². The summed E-state index contributed by atoms with van der Waals surface area (Å²) in [7, 11) is 0. The number of fused-ring (bicyclic) bond motifs is 1. The molecule has 1 heterocycles. The van der Waals surface area contributed by atoms with Crippen molar-refractivity contribution in [3.8, 4) is 0 Å². The van der Waals surface area contributed by atoms with Crippen LogP contribution < -0.4 is 0 Å². The van der Waals surface area contributed by atoms with Crippen LogP contribution in [-0.2, 0) is 0 Å². The van der Waals surface area contributed by atoms with Gasteiger partial charge in [0.1, 0.15) is 5.58 Å². The minimum atomic E-state index is -1.15. The number of aryl methyl sites for hydroxylation is 2. The molecule has 2 nitrogen and oxygen atoms in total. The van der Waals surface area contributed by atoms with Gasteiger partial charge in [-0.25, -0.2) is 8.78 Å². The van der Waals surface area contributed by atoms with E-state index < -0.39 is 17.4 Å². The summed E-state index contributed by atoms with van der Waals surface area (Å²) in [5.41, 5.74) is 1.89. The maximum Gasteiger partial charge on any atom is 0.231 e. The molecule has 0 bridgehead atoms. The number of carbonyl (C=O) groups excluding carboxylic acids is 1. The molecule has 0 aliphatic carbocycles. The first-order valence-electron chi connectivity index (χ1n) is 6.47. The quantitative estimate of drug-likeness (QED) is 0.646. The number of hydrogen-bond acceptors (Lipinski definition) is 2. The molecule has 0 amide bonds. The number of carbonyl (C=O) groups is 1. The van der Waals surface area contributed by atoms with E-state index in [1.165, 1.54) is 12.1 Å². The number of furan rings is 1. The second-order valence-corrected chi connectivity index (χ2v) is 4.99. The highest BCUT2D eigenvalue weighted by atomic mass is 19.2. The number of benzene rings is 2. The highest BCUT2D eigenvalue weighted by Gasteiger charge is 2.23. The predicted molar refractivity (Wildman–Crippen MR) is 75.5 cm³/mol. The fourth-order valence-electron chi connectivity index (χ4n) is 2.35. The molecule has 3 aromatic rings. The van der Waals surface area contributed by atoms with Crippen molar-refractivity contribution < 1.29 is 18.0 Å². The van der Waals surface area contributed by atoms with E-state index in [1.54, 1.807) is 13.0 Å². The largest absolute Gasteiger partial charge is 0.452 e. The minimum absolute atomic E-state index is 0.0418. The van der Waals surface area contributed by atoms with Crippen LogP contribution in [0.3, 0.4) is 0 Å². The Morgan fingerprint density at radius 2 is 1.86 bits per heavy atom. The van der Waals surface area contributed by atoms with Gasteiger partial charge in [0, 0.05) is 10.9 Å². The fraction of sp³-hybridized carbons (Fsp3) is 0.118. The normalized spacial score (nSPS) is 11.0. The standard InChI is InChI=1S/C17H12F2O2/c1-9-6-7-14-12(8-9)10(2)17(21-14)16(20)11-4-3-5-13(18)15(11)19/h3-8H,1-2H3. The zero-order valence-corrected chi connectivity index (χ0v) is 11.5. The van der Waals surface area contributed by atoms with Crippen molar-refractivity contribution in [2.24, 2.45) is 0 Å². The molecular formula is C17H12F2O2. The van der Waals surface area contributed by atoms with Gasteiger partial charge in [-0.05, 0) is 38.1 Å². The van der Waals surface area contributed by atoms with Crippen molar-refractivity contribution in [2.75, 3.05) is 0 Å². The molecule has 106 valence electrons. The lowest BCUT2D eigenvalue weighted by atomic mass is 10.0. The Morgan fingerprint density at radius 3 is 2.62 bits per heavy atom. The van der Waals surface area contributed by atoms with Crippen LogP contribution in [0.4, 0.5) is 8.78 Å². The summed E-state index contributed by atoms with van der Waals surface area (Å²) in [6, 6.07) is 9.04. The maximum atomic E-state index is 13.8. The second-order valence-electron chi connectivity index (χ2n) is 4.99. The number of rotatable bonds is 2. The van der Waals surface area contributed by atoms with Crippen LogP contribution in [0.5, 0.6) is 0 Å². The summed E-state index contributed by atoms with van der Waals surface area (Å²) in [6.07, 6.45) is 0. The molecule has 0 saturated carbocycles.